The Hall–Kier alpha value is -3.32. The zero-order chi connectivity index (χ0) is 33.1. The molecule has 0 saturated carbocycles. The maximum Gasteiger partial charge on any atom is 0.225 e. The average Bonchev–Trinajstić information content (AvgIpc) is 2.99. The topological polar surface area (TPSA) is 47.6 Å². The Morgan fingerprint density at radius 3 is 2.00 bits per heavy atom. The molecule has 0 aliphatic carbocycles. The van der Waals surface area contributed by atoms with Gasteiger partial charge in [-0.25, -0.2) is 0 Å². The molecule has 46 heavy (non-hydrogen) atoms. The molecule has 1 unspecified atom stereocenters. The van der Waals surface area contributed by atoms with Crippen molar-refractivity contribution >= 4 is 31.7 Å². The van der Waals surface area contributed by atoms with Gasteiger partial charge < -0.3 is 14.5 Å². The highest BCUT2D eigenvalue weighted by Gasteiger charge is 2.39. The third-order valence-electron chi connectivity index (χ3n) is 9.08. The molecule has 0 aromatic heterocycles. The molecular formula is C40H49NO3SSi. The zero-order valence-electron chi connectivity index (χ0n) is 28.6. The summed E-state index contributed by atoms with van der Waals surface area (Å²) in [6.07, 6.45) is 1.90. The van der Waals surface area contributed by atoms with Gasteiger partial charge in [0.15, 0.2) is 8.32 Å². The van der Waals surface area contributed by atoms with Gasteiger partial charge in [0.25, 0.3) is 0 Å². The molecule has 6 heteroatoms. The number of hydrogen-bond donors (Lipinski definition) is 1. The lowest BCUT2D eigenvalue weighted by Crippen LogP contribution is -2.42. The van der Waals surface area contributed by atoms with Gasteiger partial charge in [-0.05, 0) is 60.3 Å². The van der Waals surface area contributed by atoms with E-state index in [1.807, 2.05) is 36.4 Å². The molecule has 4 aromatic rings. The molecule has 1 atom stereocenters. The van der Waals surface area contributed by atoms with Crippen LogP contribution in [0.3, 0.4) is 0 Å². The van der Waals surface area contributed by atoms with E-state index in [0.29, 0.717) is 6.42 Å². The summed E-state index contributed by atoms with van der Waals surface area (Å²) in [6, 6.07) is 33.1. The Labute approximate surface area is 281 Å². The van der Waals surface area contributed by atoms with E-state index < -0.39 is 8.32 Å². The first-order valence-corrected chi connectivity index (χ1v) is 20.1. The van der Waals surface area contributed by atoms with Crippen LogP contribution in [-0.4, -0.2) is 19.0 Å². The SMILES string of the molecule is CC(C)(C)Sc1cccc(CCC(O[Si](C)(C)C(C)(C)C)c2ccccc2)c1NC(=O)CC1c2ccccc2Oc2ccccc21. The number of benzene rings is 4. The molecule has 1 aliphatic heterocycles. The van der Waals surface area contributed by atoms with E-state index in [4.69, 9.17) is 9.16 Å². The van der Waals surface area contributed by atoms with Crippen LogP contribution < -0.4 is 10.1 Å². The number of carbonyl (C=O) groups excluding carboxylic acids is 1. The number of para-hydroxylation sites is 3. The number of nitrogens with one attached hydrogen (secondary N) is 1. The number of amides is 1. The molecule has 0 radical (unpaired) electrons. The van der Waals surface area contributed by atoms with Crippen LogP contribution >= 0.6 is 11.8 Å². The number of carbonyl (C=O) groups is 1. The van der Waals surface area contributed by atoms with E-state index in [0.717, 1.165) is 51.6 Å². The second-order valence-corrected chi connectivity index (χ2v) is 21.4. The minimum Gasteiger partial charge on any atom is -0.457 e. The molecule has 1 N–H and O–H groups in total. The number of aryl methyl sites for hydroxylation is 1. The van der Waals surface area contributed by atoms with E-state index in [2.05, 4.69) is 121 Å². The summed E-state index contributed by atoms with van der Waals surface area (Å²) in [6.45, 7) is 18.1. The van der Waals surface area contributed by atoms with Crippen LogP contribution in [0.1, 0.15) is 88.7 Å². The molecule has 4 nitrogen and oxygen atoms in total. The molecule has 1 amide bonds. The normalized spacial score (nSPS) is 14.2. The van der Waals surface area contributed by atoms with Gasteiger partial charge in [-0.1, -0.05) is 120 Å². The predicted octanol–water partition coefficient (Wildman–Crippen LogP) is 11.5. The van der Waals surface area contributed by atoms with Crippen molar-refractivity contribution in [3.05, 3.63) is 119 Å². The maximum atomic E-state index is 14.0. The van der Waals surface area contributed by atoms with Crippen molar-refractivity contribution < 1.29 is 14.0 Å². The Kier molecular flexibility index (Phi) is 10.2. The van der Waals surface area contributed by atoms with E-state index in [1.54, 1.807) is 11.8 Å². The molecule has 1 aliphatic rings. The average molecular weight is 652 g/mol. The fraction of sp³-hybridized carbons (Fsp3) is 0.375. The maximum absolute atomic E-state index is 14.0. The molecule has 1 heterocycles. The van der Waals surface area contributed by atoms with E-state index in [9.17, 15) is 4.79 Å². The number of hydrogen-bond acceptors (Lipinski definition) is 4. The minimum atomic E-state index is -2.04. The standard InChI is InChI=1S/C40H49NO3SSi/c1-39(2,3)45-36-24-16-19-29(25-26-33(28-17-10-9-11-18-28)44-46(7,8)40(4,5)6)38(36)41-37(42)27-32-30-20-12-14-22-34(30)43-35-23-15-13-21-31(32)35/h9-24,32-33H,25-27H2,1-8H3,(H,41,42). The van der Waals surface area contributed by atoms with Crippen LogP contribution in [0, 0.1) is 0 Å². The summed E-state index contributed by atoms with van der Waals surface area (Å²) in [7, 11) is -2.04. The minimum absolute atomic E-state index is 0.00292. The largest absolute Gasteiger partial charge is 0.457 e. The summed E-state index contributed by atoms with van der Waals surface area (Å²) < 4.78 is 13.2. The quantitative estimate of drug-likeness (QED) is 0.137. The molecule has 0 spiro atoms. The second-order valence-electron chi connectivity index (χ2n) is 14.8. The van der Waals surface area contributed by atoms with Crippen molar-refractivity contribution in [3.8, 4) is 11.5 Å². The lowest BCUT2D eigenvalue weighted by atomic mass is 9.85. The van der Waals surface area contributed by atoms with Gasteiger partial charge in [0.05, 0.1) is 11.8 Å². The Balaban J connectivity index is 1.44. The third kappa shape index (κ3) is 8.14. The highest BCUT2D eigenvalue weighted by Crippen LogP contribution is 2.46. The van der Waals surface area contributed by atoms with Crippen LogP contribution in [0.2, 0.25) is 18.1 Å². The van der Waals surface area contributed by atoms with Gasteiger partial charge in [0.1, 0.15) is 11.5 Å². The second kappa shape index (κ2) is 13.8. The monoisotopic (exact) mass is 651 g/mol. The van der Waals surface area contributed by atoms with Crippen molar-refractivity contribution in [2.24, 2.45) is 0 Å². The predicted molar refractivity (Wildman–Crippen MR) is 196 cm³/mol. The molecule has 5 rings (SSSR count). The van der Waals surface area contributed by atoms with Crippen molar-refractivity contribution in [1.82, 2.24) is 0 Å². The number of thioether (sulfide) groups is 1. The molecule has 0 fully saturated rings. The summed E-state index contributed by atoms with van der Waals surface area (Å²) in [5, 5.41) is 3.51. The first-order valence-electron chi connectivity index (χ1n) is 16.4. The smallest absolute Gasteiger partial charge is 0.225 e. The van der Waals surface area contributed by atoms with Crippen LogP contribution in [0.5, 0.6) is 11.5 Å². The Bertz CT molecular complexity index is 1610. The van der Waals surface area contributed by atoms with E-state index in [1.165, 1.54) is 5.56 Å². The third-order valence-corrected chi connectivity index (χ3v) is 14.7. The van der Waals surface area contributed by atoms with Crippen molar-refractivity contribution in [2.75, 3.05) is 5.32 Å². The van der Waals surface area contributed by atoms with Crippen molar-refractivity contribution in [1.29, 1.82) is 0 Å². The van der Waals surface area contributed by atoms with Gasteiger partial charge in [-0.2, -0.15) is 0 Å². The number of fused-ring (bicyclic) bond motifs is 2. The van der Waals surface area contributed by atoms with Crippen LogP contribution in [-0.2, 0) is 15.6 Å². The van der Waals surface area contributed by atoms with Gasteiger partial charge in [0.2, 0.25) is 5.91 Å². The molecule has 242 valence electrons. The molecule has 4 aromatic carbocycles. The number of ether oxygens (including phenoxy) is 1. The van der Waals surface area contributed by atoms with Crippen LogP contribution in [0.4, 0.5) is 5.69 Å². The highest BCUT2D eigenvalue weighted by atomic mass is 32.2. The van der Waals surface area contributed by atoms with Crippen molar-refractivity contribution in [3.63, 3.8) is 0 Å². The highest BCUT2D eigenvalue weighted by molar-refractivity contribution is 8.00. The molecular weight excluding hydrogens is 603 g/mol. The molecule has 0 saturated heterocycles. The first kappa shape index (κ1) is 34.0. The number of rotatable bonds is 10. The first-order chi connectivity index (χ1) is 21.7. The Morgan fingerprint density at radius 2 is 1.41 bits per heavy atom. The lowest BCUT2D eigenvalue weighted by molar-refractivity contribution is -0.116. The number of anilines is 1. The van der Waals surface area contributed by atoms with Gasteiger partial charge in [-0.15, -0.1) is 11.8 Å². The van der Waals surface area contributed by atoms with Crippen LogP contribution in [0.25, 0.3) is 0 Å². The van der Waals surface area contributed by atoms with E-state index >= 15 is 0 Å². The summed E-state index contributed by atoms with van der Waals surface area (Å²) in [5.41, 5.74) is 5.34. The van der Waals surface area contributed by atoms with E-state index in [-0.39, 0.29) is 27.7 Å². The fourth-order valence-corrected chi connectivity index (χ4v) is 8.14. The van der Waals surface area contributed by atoms with Crippen molar-refractivity contribution in [2.45, 2.75) is 101 Å². The Morgan fingerprint density at radius 1 is 0.826 bits per heavy atom. The molecule has 0 bridgehead atoms. The van der Waals surface area contributed by atoms with Crippen LogP contribution in [0.15, 0.2) is 102 Å². The summed E-state index contributed by atoms with van der Waals surface area (Å²) in [4.78, 5) is 15.1. The lowest BCUT2D eigenvalue weighted by Gasteiger charge is -2.39. The summed E-state index contributed by atoms with van der Waals surface area (Å²) >= 11 is 1.79. The zero-order valence-corrected chi connectivity index (χ0v) is 30.5. The van der Waals surface area contributed by atoms with Gasteiger partial charge >= 0.3 is 0 Å². The summed E-state index contributed by atoms with van der Waals surface area (Å²) in [5.74, 6) is 1.54. The van der Waals surface area contributed by atoms with Gasteiger partial charge in [0, 0.05) is 33.1 Å². The fourth-order valence-electron chi connectivity index (χ4n) is 5.73. The van der Waals surface area contributed by atoms with Gasteiger partial charge in [-0.3, -0.25) is 4.79 Å².